The van der Waals surface area contributed by atoms with Crippen LogP contribution in [-0.4, -0.2) is 31.5 Å². The standard InChI is InChI=1S/C12H20F3NO/c1-8(12(13,14)15)17-7-6-16-11(9-2-3-9)10-4-5-10/h8-11,16H,2-7H2,1H3. The Kier molecular flexibility index (Phi) is 3.98. The molecule has 2 fully saturated rings. The van der Waals surface area contributed by atoms with E-state index in [4.69, 9.17) is 4.74 Å². The van der Waals surface area contributed by atoms with Crippen LogP contribution in [0.4, 0.5) is 13.2 Å². The van der Waals surface area contributed by atoms with Crippen molar-refractivity contribution in [3.05, 3.63) is 0 Å². The highest BCUT2D eigenvalue weighted by molar-refractivity contribution is 4.96. The summed E-state index contributed by atoms with van der Waals surface area (Å²) in [7, 11) is 0. The number of halogens is 3. The summed E-state index contributed by atoms with van der Waals surface area (Å²) in [4.78, 5) is 0. The fourth-order valence-electron chi connectivity index (χ4n) is 2.18. The molecule has 2 aliphatic rings. The first-order valence-corrected chi connectivity index (χ1v) is 6.40. The molecular weight excluding hydrogens is 231 g/mol. The second kappa shape index (κ2) is 5.14. The third kappa shape index (κ3) is 4.14. The van der Waals surface area contributed by atoms with Crippen molar-refractivity contribution >= 4 is 0 Å². The highest BCUT2D eigenvalue weighted by Gasteiger charge is 2.41. The van der Waals surface area contributed by atoms with Crippen LogP contribution < -0.4 is 5.32 Å². The maximum absolute atomic E-state index is 12.2. The molecule has 1 unspecified atom stereocenters. The first-order chi connectivity index (χ1) is 7.98. The summed E-state index contributed by atoms with van der Waals surface area (Å²) < 4.78 is 41.3. The number of hydrogen-bond donors (Lipinski definition) is 1. The van der Waals surface area contributed by atoms with Gasteiger partial charge in [0, 0.05) is 12.6 Å². The van der Waals surface area contributed by atoms with E-state index in [9.17, 15) is 13.2 Å². The molecule has 2 saturated carbocycles. The Morgan fingerprint density at radius 3 is 2.12 bits per heavy atom. The summed E-state index contributed by atoms with van der Waals surface area (Å²) >= 11 is 0. The Hall–Kier alpha value is -0.290. The van der Waals surface area contributed by atoms with Crippen LogP contribution in [0.1, 0.15) is 32.6 Å². The average Bonchev–Trinajstić information content (AvgIpc) is 3.10. The van der Waals surface area contributed by atoms with Gasteiger partial charge in [-0.25, -0.2) is 0 Å². The lowest BCUT2D eigenvalue weighted by Gasteiger charge is -2.20. The van der Waals surface area contributed by atoms with Crippen LogP contribution in [0.2, 0.25) is 0 Å². The van der Waals surface area contributed by atoms with Gasteiger partial charge in [-0.1, -0.05) is 0 Å². The highest BCUT2D eigenvalue weighted by Crippen LogP contribution is 2.44. The van der Waals surface area contributed by atoms with E-state index < -0.39 is 12.3 Å². The topological polar surface area (TPSA) is 21.3 Å². The van der Waals surface area contributed by atoms with Crippen molar-refractivity contribution in [2.75, 3.05) is 13.2 Å². The van der Waals surface area contributed by atoms with Crippen molar-refractivity contribution < 1.29 is 17.9 Å². The van der Waals surface area contributed by atoms with Gasteiger partial charge in [-0.3, -0.25) is 0 Å². The second-order valence-corrected chi connectivity index (χ2v) is 5.21. The lowest BCUT2D eigenvalue weighted by atomic mass is 10.1. The first kappa shape index (κ1) is 13.1. The molecule has 0 aromatic heterocycles. The number of alkyl halides is 3. The minimum Gasteiger partial charge on any atom is -0.368 e. The van der Waals surface area contributed by atoms with Gasteiger partial charge in [-0.2, -0.15) is 13.2 Å². The predicted octanol–water partition coefficient (Wildman–Crippen LogP) is 2.73. The second-order valence-electron chi connectivity index (χ2n) is 5.21. The monoisotopic (exact) mass is 251 g/mol. The van der Waals surface area contributed by atoms with E-state index in [1.807, 2.05) is 0 Å². The Morgan fingerprint density at radius 2 is 1.71 bits per heavy atom. The van der Waals surface area contributed by atoms with Gasteiger partial charge in [-0.15, -0.1) is 0 Å². The number of nitrogens with one attached hydrogen (secondary N) is 1. The maximum atomic E-state index is 12.2. The normalized spacial score (nSPS) is 23.1. The van der Waals surface area contributed by atoms with Crippen LogP contribution in [0.3, 0.4) is 0 Å². The van der Waals surface area contributed by atoms with Gasteiger partial charge < -0.3 is 10.1 Å². The summed E-state index contributed by atoms with van der Waals surface area (Å²) in [5.41, 5.74) is 0. The van der Waals surface area contributed by atoms with Crippen LogP contribution in [-0.2, 0) is 4.74 Å². The van der Waals surface area contributed by atoms with Crippen molar-refractivity contribution in [1.29, 1.82) is 0 Å². The van der Waals surface area contributed by atoms with Crippen LogP contribution in [0.25, 0.3) is 0 Å². The predicted molar refractivity (Wildman–Crippen MR) is 58.7 cm³/mol. The largest absolute Gasteiger partial charge is 0.414 e. The zero-order valence-corrected chi connectivity index (χ0v) is 10.1. The Balaban J connectivity index is 1.59. The molecule has 100 valence electrons. The van der Waals surface area contributed by atoms with E-state index in [0.29, 0.717) is 12.6 Å². The van der Waals surface area contributed by atoms with E-state index in [1.54, 1.807) is 0 Å². The summed E-state index contributed by atoms with van der Waals surface area (Å²) in [5.74, 6) is 1.53. The van der Waals surface area contributed by atoms with Gasteiger partial charge in [0.25, 0.3) is 0 Å². The smallest absolute Gasteiger partial charge is 0.368 e. The third-order valence-corrected chi connectivity index (χ3v) is 3.57. The number of ether oxygens (including phenoxy) is 1. The number of hydrogen-bond acceptors (Lipinski definition) is 2. The van der Waals surface area contributed by atoms with Gasteiger partial charge in [-0.05, 0) is 44.4 Å². The summed E-state index contributed by atoms with van der Waals surface area (Å²) in [5, 5.41) is 3.36. The van der Waals surface area contributed by atoms with Gasteiger partial charge in [0.1, 0.15) is 0 Å². The Labute approximate surface area is 99.9 Å². The van der Waals surface area contributed by atoms with Crippen LogP contribution in [0, 0.1) is 11.8 Å². The van der Waals surface area contributed by atoms with Crippen LogP contribution in [0.15, 0.2) is 0 Å². The van der Waals surface area contributed by atoms with Crippen molar-refractivity contribution in [3.63, 3.8) is 0 Å². The molecule has 1 N–H and O–H groups in total. The number of rotatable bonds is 7. The van der Waals surface area contributed by atoms with Crippen molar-refractivity contribution in [2.24, 2.45) is 11.8 Å². The summed E-state index contributed by atoms with van der Waals surface area (Å²) in [6.45, 7) is 1.72. The average molecular weight is 251 g/mol. The molecule has 2 rings (SSSR count). The molecule has 0 spiro atoms. The third-order valence-electron chi connectivity index (χ3n) is 3.57. The van der Waals surface area contributed by atoms with Crippen molar-refractivity contribution in [2.45, 2.75) is 50.9 Å². The van der Waals surface area contributed by atoms with E-state index in [1.165, 1.54) is 25.7 Å². The summed E-state index contributed by atoms with van der Waals surface area (Å²) in [6, 6.07) is 0.528. The van der Waals surface area contributed by atoms with E-state index >= 15 is 0 Å². The molecule has 0 aliphatic heterocycles. The van der Waals surface area contributed by atoms with Crippen molar-refractivity contribution in [1.82, 2.24) is 5.32 Å². The lowest BCUT2D eigenvalue weighted by molar-refractivity contribution is -0.213. The molecule has 0 heterocycles. The van der Waals surface area contributed by atoms with Crippen LogP contribution >= 0.6 is 0 Å². The molecule has 0 amide bonds. The minimum absolute atomic E-state index is 0.136. The molecule has 17 heavy (non-hydrogen) atoms. The molecule has 0 bridgehead atoms. The van der Waals surface area contributed by atoms with Gasteiger partial charge in [0.2, 0.25) is 0 Å². The van der Waals surface area contributed by atoms with Crippen molar-refractivity contribution in [3.8, 4) is 0 Å². The zero-order chi connectivity index (χ0) is 12.5. The van der Waals surface area contributed by atoms with E-state index in [0.717, 1.165) is 18.8 Å². The molecule has 0 radical (unpaired) electrons. The van der Waals surface area contributed by atoms with E-state index in [2.05, 4.69) is 5.32 Å². The Bertz CT molecular complexity index is 237. The molecular formula is C12H20F3NO. The van der Waals surface area contributed by atoms with Gasteiger partial charge in [0.15, 0.2) is 6.10 Å². The fourth-order valence-corrected chi connectivity index (χ4v) is 2.18. The maximum Gasteiger partial charge on any atom is 0.414 e. The van der Waals surface area contributed by atoms with Gasteiger partial charge in [0.05, 0.1) is 6.61 Å². The fraction of sp³-hybridized carbons (Fsp3) is 1.00. The minimum atomic E-state index is -4.24. The molecule has 0 saturated heterocycles. The molecule has 2 aliphatic carbocycles. The molecule has 1 atom stereocenters. The summed E-state index contributed by atoms with van der Waals surface area (Å²) in [6.07, 6.45) is -0.819. The Morgan fingerprint density at radius 1 is 1.18 bits per heavy atom. The quantitative estimate of drug-likeness (QED) is 0.702. The SMILES string of the molecule is CC(OCCNC(C1CC1)C1CC1)C(F)(F)F. The molecule has 5 heteroatoms. The van der Waals surface area contributed by atoms with Gasteiger partial charge >= 0.3 is 6.18 Å². The first-order valence-electron chi connectivity index (χ1n) is 6.40. The molecule has 0 aromatic rings. The molecule has 2 nitrogen and oxygen atoms in total. The van der Waals surface area contributed by atoms with Crippen LogP contribution in [0.5, 0.6) is 0 Å². The highest BCUT2D eigenvalue weighted by atomic mass is 19.4. The van der Waals surface area contributed by atoms with E-state index in [-0.39, 0.29) is 6.61 Å². The molecule has 0 aromatic carbocycles. The lowest BCUT2D eigenvalue weighted by Crippen LogP contribution is -2.37. The zero-order valence-electron chi connectivity index (χ0n) is 10.1.